The molecule has 0 bridgehead atoms. The van der Waals surface area contributed by atoms with Crippen molar-refractivity contribution in [3.8, 4) is 0 Å². The fourth-order valence-corrected chi connectivity index (χ4v) is 4.01. The number of amides is 2. The Morgan fingerprint density at radius 3 is 2.68 bits per heavy atom. The molecule has 0 aromatic carbocycles. The molecule has 3 aliphatic rings. The molecule has 1 atom stereocenters. The monoisotopic (exact) mass is 310 g/mol. The summed E-state index contributed by atoms with van der Waals surface area (Å²) in [6.45, 7) is 1.76. The molecule has 3 rings (SSSR count). The van der Waals surface area contributed by atoms with E-state index in [-0.39, 0.29) is 24.3 Å². The Morgan fingerprint density at radius 2 is 2.00 bits per heavy atom. The van der Waals surface area contributed by atoms with Gasteiger partial charge in [0.1, 0.15) is 0 Å². The fraction of sp³-hybridized carbons (Fsp3) is 0.941. The van der Waals surface area contributed by atoms with Gasteiger partial charge in [-0.15, -0.1) is 0 Å². The van der Waals surface area contributed by atoms with Crippen LogP contribution in [0.3, 0.4) is 0 Å². The van der Waals surface area contributed by atoms with Crippen molar-refractivity contribution in [3.63, 3.8) is 0 Å². The normalized spacial score (nSPS) is 27.0. The molecule has 0 radical (unpaired) electrons. The number of ether oxygens (including phenoxy) is 1. The van der Waals surface area contributed by atoms with Crippen molar-refractivity contribution < 1.29 is 14.6 Å². The fourth-order valence-electron chi connectivity index (χ4n) is 4.01. The van der Waals surface area contributed by atoms with Crippen LogP contribution in [0.1, 0.15) is 64.2 Å². The van der Waals surface area contributed by atoms with Crippen molar-refractivity contribution in [1.82, 2.24) is 10.2 Å². The highest BCUT2D eigenvalue weighted by molar-refractivity contribution is 5.75. The molecule has 126 valence electrons. The number of nitrogens with one attached hydrogen (secondary N) is 1. The van der Waals surface area contributed by atoms with E-state index in [1.54, 1.807) is 0 Å². The van der Waals surface area contributed by atoms with Crippen molar-refractivity contribution in [3.05, 3.63) is 0 Å². The number of urea groups is 1. The summed E-state index contributed by atoms with van der Waals surface area (Å²) in [6.07, 6.45) is 10.7. The predicted molar refractivity (Wildman–Crippen MR) is 84.8 cm³/mol. The van der Waals surface area contributed by atoms with Gasteiger partial charge in [-0.2, -0.15) is 0 Å². The van der Waals surface area contributed by atoms with Crippen LogP contribution in [0.5, 0.6) is 0 Å². The van der Waals surface area contributed by atoms with Gasteiger partial charge in [0.05, 0.1) is 5.60 Å². The molecule has 2 aliphatic carbocycles. The van der Waals surface area contributed by atoms with Gasteiger partial charge in [-0.1, -0.05) is 12.8 Å². The van der Waals surface area contributed by atoms with Crippen molar-refractivity contribution in [2.45, 2.75) is 81.9 Å². The summed E-state index contributed by atoms with van der Waals surface area (Å²) >= 11 is 0. The molecule has 5 nitrogen and oxygen atoms in total. The van der Waals surface area contributed by atoms with Gasteiger partial charge in [0.25, 0.3) is 0 Å². The largest absolute Gasteiger partial charge is 0.396 e. The second-order valence-electron chi connectivity index (χ2n) is 7.23. The average Bonchev–Trinajstić information content (AvgIpc) is 3.25. The molecule has 22 heavy (non-hydrogen) atoms. The van der Waals surface area contributed by atoms with E-state index >= 15 is 0 Å². The van der Waals surface area contributed by atoms with Gasteiger partial charge in [0, 0.05) is 31.8 Å². The molecular weight excluding hydrogens is 280 g/mol. The molecular formula is C17H30N2O3. The molecule has 1 spiro atoms. The maximum absolute atomic E-state index is 12.6. The van der Waals surface area contributed by atoms with E-state index in [0.717, 1.165) is 64.5 Å². The van der Waals surface area contributed by atoms with E-state index in [2.05, 4.69) is 5.32 Å². The zero-order chi connectivity index (χ0) is 15.4. The first-order valence-electron chi connectivity index (χ1n) is 9.04. The minimum atomic E-state index is 0.0531. The first-order chi connectivity index (χ1) is 10.7. The summed E-state index contributed by atoms with van der Waals surface area (Å²) in [7, 11) is 0. The van der Waals surface area contributed by atoms with Gasteiger partial charge in [0.15, 0.2) is 0 Å². The van der Waals surface area contributed by atoms with Crippen LogP contribution in [0.4, 0.5) is 4.79 Å². The first kappa shape index (κ1) is 16.1. The Balaban J connectivity index is 1.50. The summed E-state index contributed by atoms with van der Waals surface area (Å²) in [5.74, 6) is 0. The Kier molecular flexibility index (Phi) is 5.24. The summed E-state index contributed by atoms with van der Waals surface area (Å²) in [6, 6.07) is 0.790. The quantitative estimate of drug-likeness (QED) is 0.741. The molecule has 2 saturated carbocycles. The Hall–Kier alpha value is -0.810. The molecule has 1 aliphatic heterocycles. The zero-order valence-corrected chi connectivity index (χ0v) is 13.6. The van der Waals surface area contributed by atoms with E-state index in [4.69, 9.17) is 9.84 Å². The summed E-state index contributed by atoms with van der Waals surface area (Å²) in [5, 5.41) is 12.2. The van der Waals surface area contributed by atoms with E-state index in [1.165, 1.54) is 12.8 Å². The number of rotatable bonds is 6. The van der Waals surface area contributed by atoms with Gasteiger partial charge < -0.3 is 20.1 Å². The molecule has 2 N–H and O–H groups in total. The van der Waals surface area contributed by atoms with Gasteiger partial charge >= 0.3 is 6.03 Å². The van der Waals surface area contributed by atoms with Crippen LogP contribution < -0.4 is 5.32 Å². The van der Waals surface area contributed by atoms with Gasteiger partial charge in [-0.3, -0.25) is 0 Å². The Bertz CT molecular complexity index is 378. The van der Waals surface area contributed by atoms with Crippen LogP contribution in [0.25, 0.3) is 0 Å². The average molecular weight is 310 g/mol. The lowest BCUT2D eigenvalue weighted by atomic mass is 9.89. The number of nitrogens with zero attached hydrogens (tertiary/aromatic N) is 1. The van der Waals surface area contributed by atoms with E-state index in [0.29, 0.717) is 6.04 Å². The molecule has 1 unspecified atom stereocenters. The zero-order valence-electron chi connectivity index (χ0n) is 13.6. The lowest BCUT2D eigenvalue weighted by molar-refractivity contribution is -0.0823. The number of unbranched alkanes of at least 4 members (excludes halogenated alkanes) is 1. The van der Waals surface area contributed by atoms with Crippen LogP contribution >= 0.6 is 0 Å². The topological polar surface area (TPSA) is 61.8 Å². The maximum Gasteiger partial charge on any atom is 0.317 e. The van der Waals surface area contributed by atoms with Crippen LogP contribution in [0, 0.1) is 0 Å². The highest BCUT2D eigenvalue weighted by atomic mass is 16.5. The predicted octanol–water partition coefficient (Wildman–Crippen LogP) is 2.42. The van der Waals surface area contributed by atoms with Crippen LogP contribution in [0.2, 0.25) is 0 Å². The number of carbonyl (C=O) groups excluding carboxylic acids is 1. The van der Waals surface area contributed by atoms with Crippen LogP contribution in [-0.2, 0) is 4.74 Å². The van der Waals surface area contributed by atoms with Crippen molar-refractivity contribution >= 4 is 6.03 Å². The Morgan fingerprint density at radius 1 is 1.23 bits per heavy atom. The smallest absolute Gasteiger partial charge is 0.317 e. The summed E-state index contributed by atoms with van der Waals surface area (Å²) in [4.78, 5) is 14.6. The highest BCUT2D eigenvalue weighted by Gasteiger charge is 2.41. The minimum absolute atomic E-state index is 0.0531. The lowest BCUT2D eigenvalue weighted by Gasteiger charge is -2.39. The highest BCUT2D eigenvalue weighted by Crippen LogP contribution is 2.40. The third kappa shape index (κ3) is 3.93. The van der Waals surface area contributed by atoms with Crippen LogP contribution in [-0.4, -0.2) is 53.5 Å². The number of aliphatic hydroxyl groups is 1. The van der Waals surface area contributed by atoms with Crippen molar-refractivity contribution in [2.75, 3.05) is 19.8 Å². The molecule has 2 amide bonds. The third-order valence-electron chi connectivity index (χ3n) is 5.39. The number of carbonyl (C=O) groups is 1. The van der Waals surface area contributed by atoms with Gasteiger partial charge in [-0.05, 0) is 51.4 Å². The standard InChI is InChI=1S/C17H30N2O3/c20-11-4-3-10-19(15-5-6-15)16(21)18-14-7-12-22-17(13-14)8-1-2-9-17/h14-15,20H,1-13H2,(H,18,21). The minimum Gasteiger partial charge on any atom is -0.396 e. The number of hydrogen-bond donors (Lipinski definition) is 2. The molecule has 3 fully saturated rings. The number of aliphatic hydroxyl groups excluding tert-OH is 1. The lowest BCUT2D eigenvalue weighted by Crippen LogP contribution is -2.51. The number of hydrogen-bond acceptors (Lipinski definition) is 3. The van der Waals surface area contributed by atoms with Crippen molar-refractivity contribution in [1.29, 1.82) is 0 Å². The van der Waals surface area contributed by atoms with Gasteiger partial charge in [-0.25, -0.2) is 4.79 Å². The SMILES string of the molecule is O=C(NC1CCOC2(CCCC2)C1)N(CCCCO)C1CC1. The molecule has 0 aromatic rings. The van der Waals surface area contributed by atoms with E-state index in [1.807, 2.05) is 4.90 Å². The van der Waals surface area contributed by atoms with E-state index < -0.39 is 0 Å². The molecule has 5 heteroatoms. The van der Waals surface area contributed by atoms with Crippen LogP contribution in [0.15, 0.2) is 0 Å². The third-order valence-corrected chi connectivity index (χ3v) is 5.39. The second kappa shape index (κ2) is 7.18. The maximum atomic E-state index is 12.6. The van der Waals surface area contributed by atoms with Crippen molar-refractivity contribution in [2.24, 2.45) is 0 Å². The molecule has 1 heterocycles. The molecule has 1 saturated heterocycles. The first-order valence-corrected chi connectivity index (χ1v) is 9.04. The summed E-state index contributed by atoms with van der Waals surface area (Å²) < 4.78 is 6.05. The van der Waals surface area contributed by atoms with E-state index in [9.17, 15) is 4.79 Å². The van der Waals surface area contributed by atoms with Gasteiger partial charge in [0.2, 0.25) is 0 Å². The molecule has 0 aromatic heterocycles. The second-order valence-corrected chi connectivity index (χ2v) is 7.23. The summed E-state index contributed by atoms with van der Waals surface area (Å²) in [5.41, 5.74) is 0.0531. The Labute approximate surface area is 133 Å².